The second kappa shape index (κ2) is 6.02. The minimum Gasteiger partial charge on any atom is -0.292 e. The first-order valence-corrected chi connectivity index (χ1v) is 6.47. The molecule has 0 aliphatic heterocycles. The summed E-state index contributed by atoms with van der Waals surface area (Å²) in [6, 6.07) is 9.53. The minimum atomic E-state index is -1.49. The van der Waals surface area contributed by atoms with E-state index in [1.54, 1.807) is 13.0 Å². The summed E-state index contributed by atoms with van der Waals surface area (Å²) in [6.07, 6.45) is 0. The van der Waals surface area contributed by atoms with Gasteiger partial charge in [0.25, 0.3) is 0 Å². The fraction of sp³-hybridized carbons (Fsp3) is 0.125. The van der Waals surface area contributed by atoms with Crippen molar-refractivity contribution < 1.29 is 13.6 Å². The van der Waals surface area contributed by atoms with Crippen LogP contribution in [0.3, 0.4) is 0 Å². The Morgan fingerprint density at radius 2 is 1.95 bits per heavy atom. The van der Waals surface area contributed by atoms with Crippen LogP contribution in [0.4, 0.5) is 8.78 Å². The molecular weight excluding hydrogens is 296 g/mol. The van der Waals surface area contributed by atoms with Crippen molar-refractivity contribution in [2.75, 3.05) is 0 Å². The van der Waals surface area contributed by atoms with Crippen LogP contribution in [0.15, 0.2) is 36.4 Å². The first-order valence-electron chi connectivity index (χ1n) is 6.09. The predicted molar refractivity (Wildman–Crippen MR) is 75.2 cm³/mol. The third-order valence-corrected chi connectivity index (χ3v) is 3.40. The average Bonchev–Trinajstić information content (AvgIpc) is 2.45. The fourth-order valence-corrected chi connectivity index (χ4v) is 2.30. The van der Waals surface area contributed by atoms with Crippen molar-refractivity contribution >= 4 is 17.4 Å². The lowest BCUT2D eigenvalue weighted by molar-refractivity contribution is 0.0973. The van der Waals surface area contributed by atoms with Crippen LogP contribution in [0.25, 0.3) is 0 Å². The Morgan fingerprint density at radius 1 is 1.24 bits per heavy atom. The second-order valence-corrected chi connectivity index (χ2v) is 4.95. The maximum Gasteiger partial charge on any atom is 0.187 e. The zero-order valence-corrected chi connectivity index (χ0v) is 11.8. The van der Waals surface area contributed by atoms with Crippen molar-refractivity contribution in [3.63, 3.8) is 0 Å². The van der Waals surface area contributed by atoms with Crippen LogP contribution in [-0.4, -0.2) is 5.78 Å². The fourth-order valence-electron chi connectivity index (χ4n) is 2.02. The molecule has 2 aromatic carbocycles. The number of hydrogen-bond acceptors (Lipinski definition) is 2. The van der Waals surface area contributed by atoms with Gasteiger partial charge in [0.15, 0.2) is 5.78 Å². The van der Waals surface area contributed by atoms with Crippen LogP contribution in [0, 0.1) is 29.9 Å². The SMILES string of the molecule is Cc1ccc(F)c(C(=O)C(C#N)c2c(F)cccc2Cl)c1. The van der Waals surface area contributed by atoms with Gasteiger partial charge in [-0.1, -0.05) is 29.3 Å². The Bertz CT molecular complexity index is 732. The van der Waals surface area contributed by atoms with Crippen molar-refractivity contribution in [3.05, 3.63) is 69.7 Å². The molecule has 21 heavy (non-hydrogen) atoms. The number of Topliss-reactive ketones (excluding diaryl/α,β-unsaturated/α-hetero) is 1. The van der Waals surface area contributed by atoms with Crippen molar-refractivity contribution in [2.45, 2.75) is 12.8 Å². The molecule has 0 aromatic heterocycles. The van der Waals surface area contributed by atoms with E-state index in [0.29, 0.717) is 5.56 Å². The van der Waals surface area contributed by atoms with Crippen LogP contribution < -0.4 is 0 Å². The molecule has 2 aromatic rings. The number of rotatable bonds is 3. The molecule has 0 spiro atoms. The number of ketones is 1. The number of halogens is 3. The van der Waals surface area contributed by atoms with Gasteiger partial charge in [0.1, 0.15) is 17.6 Å². The molecular formula is C16H10ClF2NO. The van der Waals surface area contributed by atoms with Gasteiger partial charge in [0, 0.05) is 10.6 Å². The van der Waals surface area contributed by atoms with E-state index < -0.39 is 23.3 Å². The number of hydrogen-bond donors (Lipinski definition) is 0. The molecule has 0 aliphatic carbocycles. The summed E-state index contributed by atoms with van der Waals surface area (Å²) in [4.78, 5) is 12.4. The van der Waals surface area contributed by atoms with Crippen LogP contribution in [0.1, 0.15) is 27.4 Å². The molecule has 2 rings (SSSR count). The Morgan fingerprint density at radius 3 is 2.57 bits per heavy atom. The Balaban J connectivity index is 2.55. The highest BCUT2D eigenvalue weighted by Crippen LogP contribution is 2.30. The standard InChI is InChI=1S/C16H10ClF2NO/c1-9-5-6-13(18)10(7-9)16(21)11(8-20)15-12(17)3-2-4-14(15)19/h2-7,11H,1H3. The molecule has 0 radical (unpaired) electrons. The molecule has 0 aliphatic rings. The molecule has 0 saturated heterocycles. The Labute approximate surface area is 125 Å². The maximum atomic E-state index is 13.9. The van der Waals surface area contributed by atoms with Gasteiger partial charge in [-0.25, -0.2) is 8.78 Å². The summed E-state index contributed by atoms with van der Waals surface area (Å²) in [5.41, 5.74) is 0.185. The van der Waals surface area contributed by atoms with E-state index >= 15 is 0 Å². The highest BCUT2D eigenvalue weighted by molar-refractivity contribution is 6.31. The molecule has 0 N–H and O–H groups in total. The number of carbonyl (C=O) groups excluding carboxylic acids is 1. The molecule has 1 unspecified atom stereocenters. The lowest BCUT2D eigenvalue weighted by atomic mass is 9.90. The first-order chi connectivity index (χ1) is 9.95. The zero-order valence-electron chi connectivity index (χ0n) is 11.0. The molecule has 0 heterocycles. The van der Waals surface area contributed by atoms with E-state index in [9.17, 15) is 18.8 Å². The van der Waals surface area contributed by atoms with Crippen molar-refractivity contribution in [1.82, 2.24) is 0 Å². The van der Waals surface area contributed by atoms with E-state index in [-0.39, 0.29) is 16.1 Å². The average molecular weight is 306 g/mol. The van der Waals surface area contributed by atoms with Crippen molar-refractivity contribution in [3.8, 4) is 6.07 Å². The number of nitrogens with zero attached hydrogens (tertiary/aromatic N) is 1. The van der Waals surface area contributed by atoms with E-state index in [0.717, 1.165) is 12.1 Å². The number of benzene rings is 2. The summed E-state index contributed by atoms with van der Waals surface area (Å²) in [5, 5.41) is 9.16. The van der Waals surface area contributed by atoms with Gasteiger partial charge >= 0.3 is 0 Å². The third kappa shape index (κ3) is 2.93. The number of carbonyl (C=O) groups is 1. The highest BCUT2D eigenvalue weighted by atomic mass is 35.5. The van der Waals surface area contributed by atoms with E-state index in [1.165, 1.54) is 24.3 Å². The van der Waals surface area contributed by atoms with Crippen LogP contribution in [0.5, 0.6) is 0 Å². The van der Waals surface area contributed by atoms with Crippen molar-refractivity contribution in [2.24, 2.45) is 0 Å². The first kappa shape index (κ1) is 15.1. The highest BCUT2D eigenvalue weighted by Gasteiger charge is 2.28. The van der Waals surface area contributed by atoms with Crippen LogP contribution in [-0.2, 0) is 0 Å². The summed E-state index contributed by atoms with van der Waals surface area (Å²) in [7, 11) is 0. The topological polar surface area (TPSA) is 40.9 Å². The largest absolute Gasteiger partial charge is 0.292 e. The van der Waals surface area contributed by atoms with Gasteiger partial charge in [0.2, 0.25) is 0 Å². The Kier molecular flexibility index (Phi) is 4.35. The van der Waals surface area contributed by atoms with Gasteiger partial charge < -0.3 is 0 Å². The number of nitriles is 1. The molecule has 0 amide bonds. The summed E-state index contributed by atoms with van der Waals surface area (Å²) < 4.78 is 27.6. The van der Waals surface area contributed by atoms with E-state index in [4.69, 9.17) is 11.6 Å². The quantitative estimate of drug-likeness (QED) is 0.788. The molecule has 0 fully saturated rings. The molecule has 2 nitrogen and oxygen atoms in total. The van der Waals surface area contributed by atoms with Crippen LogP contribution in [0.2, 0.25) is 5.02 Å². The molecule has 0 saturated carbocycles. The van der Waals surface area contributed by atoms with Gasteiger partial charge in [-0.3, -0.25) is 4.79 Å². The van der Waals surface area contributed by atoms with E-state index in [2.05, 4.69) is 0 Å². The van der Waals surface area contributed by atoms with Gasteiger partial charge in [-0.05, 0) is 31.2 Å². The monoisotopic (exact) mass is 305 g/mol. The van der Waals surface area contributed by atoms with E-state index in [1.807, 2.05) is 0 Å². The minimum absolute atomic E-state index is 0.0389. The predicted octanol–water partition coefficient (Wildman–Crippen LogP) is 4.42. The van der Waals surface area contributed by atoms with Crippen LogP contribution >= 0.6 is 11.6 Å². The maximum absolute atomic E-state index is 13.9. The van der Waals surface area contributed by atoms with Crippen molar-refractivity contribution in [1.29, 1.82) is 5.26 Å². The number of aryl methyl sites for hydroxylation is 1. The normalized spacial score (nSPS) is 11.8. The van der Waals surface area contributed by atoms with Gasteiger partial charge in [-0.2, -0.15) is 5.26 Å². The molecule has 5 heteroatoms. The lowest BCUT2D eigenvalue weighted by Gasteiger charge is -2.12. The zero-order chi connectivity index (χ0) is 15.6. The summed E-state index contributed by atoms with van der Waals surface area (Å²) in [6.45, 7) is 1.69. The smallest absolute Gasteiger partial charge is 0.187 e. The Hall–Kier alpha value is -2.25. The summed E-state index contributed by atoms with van der Waals surface area (Å²) >= 11 is 5.87. The molecule has 106 valence electrons. The summed E-state index contributed by atoms with van der Waals surface area (Å²) in [5.74, 6) is -3.82. The molecule has 1 atom stereocenters. The lowest BCUT2D eigenvalue weighted by Crippen LogP contribution is -2.15. The molecule has 0 bridgehead atoms. The van der Waals surface area contributed by atoms with Gasteiger partial charge in [-0.15, -0.1) is 0 Å². The van der Waals surface area contributed by atoms with Gasteiger partial charge in [0.05, 0.1) is 11.6 Å². The second-order valence-electron chi connectivity index (χ2n) is 4.54. The third-order valence-electron chi connectivity index (χ3n) is 3.07.